The molecule has 1 rings (SSSR count). The minimum absolute atomic E-state index is 0.553. The SMILES string of the molecule is CCCNc1ncnc(NCCN(C)C(C)C)c1Br. The Morgan fingerprint density at radius 2 is 1.79 bits per heavy atom. The van der Waals surface area contributed by atoms with Gasteiger partial charge in [-0.3, -0.25) is 0 Å². The molecule has 1 heterocycles. The van der Waals surface area contributed by atoms with Gasteiger partial charge < -0.3 is 15.5 Å². The summed E-state index contributed by atoms with van der Waals surface area (Å²) in [5, 5.41) is 6.61. The highest BCUT2D eigenvalue weighted by Gasteiger charge is 2.08. The van der Waals surface area contributed by atoms with Gasteiger partial charge in [-0.15, -0.1) is 0 Å². The molecule has 1 aromatic rings. The van der Waals surface area contributed by atoms with Crippen molar-refractivity contribution in [1.82, 2.24) is 14.9 Å². The van der Waals surface area contributed by atoms with Crippen molar-refractivity contribution < 1.29 is 0 Å². The number of nitrogens with zero attached hydrogens (tertiary/aromatic N) is 3. The Balaban J connectivity index is 2.54. The molecule has 5 nitrogen and oxygen atoms in total. The van der Waals surface area contributed by atoms with Gasteiger partial charge in [0.05, 0.1) is 0 Å². The maximum Gasteiger partial charge on any atom is 0.145 e. The molecule has 19 heavy (non-hydrogen) atoms. The molecule has 0 fully saturated rings. The lowest BCUT2D eigenvalue weighted by Crippen LogP contribution is -2.31. The second-order valence-electron chi connectivity index (χ2n) is 4.81. The molecule has 0 amide bonds. The van der Waals surface area contributed by atoms with Crippen LogP contribution >= 0.6 is 15.9 Å². The Labute approximate surface area is 124 Å². The third-order valence-electron chi connectivity index (χ3n) is 2.97. The van der Waals surface area contributed by atoms with Crippen LogP contribution in [0, 0.1) is 0 Å². The topological polar surface area (TPSA) is 53.1 Å². The van der Waals surface area contributed by atoms with Crippen LogP contribution in [-0.2, 0) is 0 Å². The van der Waals surface area contributed by atoms with E-state index in [4.69, 9.17) is 0 Å². The number of nitrogens with one attached hydrogen (secondary N) is 2. The van der Waals surface area contributed by atoms with Gasteiger partial charge in [0, 0.05) is 25.7 Å². The van der Waals surface area contributed by atoms with E-state index >= 15 is 0 Å². The molecule has 0 aliphatic heterocycles. The molecule has 0 aliphatic carbocycles. The first-order valence-corrected chi connectivity index (χ1v) is 7.54. The summed E-state index contributed by atoms with van der Waals surface area (Å²) in [6.07, 6.45) is 2.65. The summed E-state index contributed by atoms with van der Waals surface area (Å²) >= 11 is 3.54. The first-order valence-electron chi connectivity index (χ1n) is 6.74. The van der Waals surface area contributed by atoms with Gasteiger partial charge in [-0.25, -0.2) is 9.97 Å². The van der Waals surface area contributed by atoms with E-state index in [1.807, 2.05) is 0 Å². The lowest BCUT2D eigenvalue weighted by atomic mass is 10.3. The zero-order valence-electron chi connectivity index (χ0n) is 12.2. The first-order chi connectivity index (χ1) is 9.06. The van der Waals surface area contributed by atoms with E-state index in [0.717, 1.165) is 42.2 Å². The Morgan fingerprint density at radius 1 is 1.21 bits per heavy atom. The monoisotopic (exact) mass is 329 g/mol. The van der Waals surface area contributed by atoms with Gasteiger partial charge in [0.2, 0.25) is 0 Å². The number of aromatic nitrogens is 2. The molecule has 0 spiro atoms. The summed E-state index contributed by atoms with van der Waals surface area (Å²) in [6, 6.07) is 0.553. The van der Waals surface area contributed by atoms with E-state index in [-0.39, 0.29) is 0 Å². The maximum absolute atomic E-state index is 4.26. The van der Waals surface area contributed by atoms with Crippen LogP contribution in [0.15, 0.2) is 10.8 Å². The highest BCUT2D eigenvalue weighted by atomic mass is 79.9. The number of hydrogen-bond acceptors (Lipinski definition) is 5. The summed E-state index contributed by atoms with van der Waals surface area (Å²) in [6.45, 7) is 9.25. The van der Waals surface area contributed by atoms with Crippen LogP contribution in [-0.4, -0.2) is 47.6 Å². The summed E-state index contributed by atoms with van der Waals surface area (Å²) < 4.78 is 0.899. The van der Waals surface area contributed by atoms with E-state index in [0.29, 0.717) is 6.04 Å². The minimum atomic E-state index is 0.553. The van der Waals surface area contributed by atoms with E-state index in [9.17, 15) is 0 Å². The van der Waals surface area contributed by atoms with Crippen LogP contribution in [0.25, 0.3) is 0 Å². The zero-order valence-corrected chi connectivity index (χ0v) is 13.8. The van der Waals surface area contributed by atoms with Crippen LogP contribution in [0.1, 0.15) is 27.2 Å². The number of anilines is 2. The first kappa shape index (κ1) is 16.2. The Morgan fingerprint density at radius 3 is 2.32 bits per heavy atom. The van der Waals surface area contributed by atoms with Crippen LogP contribution in [0.3, 0.4) is 0 Å². The molecule has 0 saturated carbocycles. The normalized spacial score (nSPS) is 11.1. The number of likely N-dealkylation sites (N-methyl/N-ethyl adjacent to an activating group) is 1. The van der Waals surface area contributed by atoms with Crippen LogP contribution in [0.2, 0.25) is 0 Å². The molecule has 2 N–H and O–H groups in total. The van der Waals surface area contributed by atoms with Crippen molar-refractivity contribution in [3.05, 3.63) is 10.8 Å². The van der Waals surface area contributed by atoms with Crippen molar-refractivity contribution in [3.8, 4) is 0 Å². The lowest BCUT2D eigenvalue weighted by Gasteiger charge is -2.21. The second-order valence-corrected chi connectivity index (χ2v) is 5.61. The maximum atomic E-state index is 4.26. The van der Waals surface area contributed by atoms with Gasteiger partial charge in [0.25, 0.3) is 0 Å². The van der Waals surface area contributed by atoms with Crippen molar-refractivity contribution in [3.63, 3.8) is 0 Å². The molecule has 0 aliphatic rings. The van der Waals surface area contributed by atoms with E-state index in [1.54, 1.807) is 6.33 Å². The predicted octanol–water partition coefficient (Wildman–Crippen LogP) is 2.81. The number of halogens is 1. The third kappa shape index (κ3) is 5.32. The Hall–Kier alpha value is -0.880. The van der Waals surface area contributed by atoms with E-state index in [2.05, 4.69) is 69.3 Å². The average Bonchev–Trinajstić information content (AvgIpc) is 2.39. The largest absolute Gasteiger partial charge is 0.369 e. The van der Waals surface area contributed by atoms with Crippen molar-refractivity contribution in [1.29, 1.82) is 0 Å². The van der Waals surface area contributed by atoms with Crippen molar-refractivity contribution in [2.75, 3.05) is 37.3 Å². The fourth-order valence-corrected chi connectivity index (χ4v) is 1.95. The summed E-state index contributed by atoms with van der Waals surface area (Å²) in [5.74, 6) is 1.68. The molecular formula is C13H24BrN5. The third-order valence-corrected chi connectivity index (χ3v) is 3.72. The van der Waals surface area contributed by atoms with Crippen molar-refractivity contribution >= 4 is 27.6 Å². The molecule has 0 unspecified atom stereocenters. The molecule has 0 atom stereocenters. The summed E-state index contributed by atoms with van der Waals surface area (Å²) in [7, 11) is 2.12. The van der Waals surface area contributed by atoms with Gasteiger partial charge in [-0.1, -0.05) is 6.92 Å². The molecule has 0 saturated heterocycles. The Bertz CT molecular complexity index is 383. The predicted molar refractivity (Wildman–Crippen MR) is 84.8 cm³/mol. The lowest BCUT2D eigenvalue weighted by molar-refractivity contribution is 0.284. The van der Waals surface area contributed by atoms with Gasteiger partial charge >= 0.3 is 0 Å². The van der Waals surface area contributed by atoms with E-state index in [1.165, 1.54) is 0 Å². The highest BCUT2D eigenvalue weighted by molar-refractivity contribution is 9.10. The Kier molecular flexibility index (Phi) is 7.09. The van der Waals surface area contributed by atoms with Crippen molar-refractivity contribution in [2.24, 2.45) is 0 Å². The van der Waals surface area contributed by atoms with Crippen LogP contribution < -0.4 is 10.6 Å². The number of rotatable bonds is 8. The fourth-order valence-electron chi connectivity index (χ4n) is 1.47. The van der Waals surface area contributed by atoms with Gasteiger partial charge in [-0.2, -0.15) is 0 Å². The van der Waals surface area contributed by atoms with E-state index < -0.39 is 0 Å². The van der Waals surface area contributed by atoms with Gasteiger partial charge in [-0.05, 0) is 43.2 Å². The average molecular weight is 330 g/mol. The van der Waals surface area contributed by atoms with Crippen LogP contribution in [0.4, 0.5) is 11.6 Å². The second kappa shape index (κ2) is 8.32. The van der Waals surface area contributed by atoms with Gasteiger partial charge in [0.1, 0.15) is 22.4 Å². The standard InChI is InChI=1S/C13H24BrN5/c1-5-6-15-12-11(14)13(18-9-17-12)16-7-8-19(4)10(2)3/h9-10H,5-8H2,1-4H3,(H2,15,16,17,18). The fraction of sp³-hybridized carbons (Fsp3) is 0.692. The molecule has 0 bridgehead atoms. The van der Waals surface area contributed by atoms with Gasteiger partial charge in [0.15, 0.2) is 0 Å². The molecule has 0 aromatic carbocycles. The minimum Gasteiger partial charge on any atom is -0.369 e. The van der Waals surface area contributed by atoms with Crippen LogP contribution in [0.5, 0.6) is 0 Å². The molecular weight excluding hydrogens is 306 g/mol. The molecule has 108 valence electrons. The zero-order chi connectivity index (χ0) is 14.3. The summed E-state index contributed by atoms with van der Waals surface area (Å²) in [5.41, 5.74) is 0. The summed E-state index contributed by atoms with van der Waals surface area (Å²) in [4.78, 5) is 10.8. The smallest absolute Gasteiger partial charge is 0.145 e. The highest BCUT2D eigenvalue weighted by Crippen LogP contribution is 2.26. The number of hydrogen-bond donors (Lipinski definition) is 2. The molecule has 6 heteroatoms. The molecule has 1 aromatic heterocycles. The molecule has 0 radical (unpaired) electrons. The quantitative estimate of drug-likeness (QED) is 0.768. The van der Waals surface area contributed by atoms with Crippen molar-refractivity contribution in [2.45, 2.75) is 33.2 Å².